The van der Waals surface area contributed by atoms with Crippen LogP contribution < -0.4 is 4.74 Å². The van der Waals surface area contributed by atoms with Crippen LogP contribution in [0.15, 0.2) is 12.1 Å². The fraction of sp³-hybridized carbons (Fsp3) is 0.650. The molecule has 3 rings (SSSR count). The summed E-state index contributed by atoms with van der Waals surface area (Å²) in [6.45, 7) is 0.112. The number of likely N-dealkylation sites (tertiary alicyclic amines) is 1. The Morgan fingerprint density at radius 2 is 1.66 bits per heavy atom. The molecule has 1 atom stereocenters. The zero-order chi connectivity index (χ0) is 23.5. The Morgan fingerprint density at radius 3 is 2.16 bits per heavy atom. The number of ether oxygens (including phenoxy) is 1. The van der Waals surface area contributed by atoms with Crippen LogP contribution in [-0.2, 0) is 10.0 Å². The average molecular weight is 479 g/mol. The van der Waals surface area contributed by atoms with Gasteiger partial charge in [0.15, 0.2) is 17.4 Å². The maximum atomic E-state index is 14.6. The molecule has 3 N–H and O–H groups in total. The minimum atomic E-state index is -3.73. The Bertz CT molecular complexity index is 892. The van der Waals surface area contributed by atoms with E-state index in [0.29, 0.717) is 31.2 Å². The third-order valence-corrected chi connectivity index (χ3v) is 7.91. The van der Waals surface area contributed by atoms with Gasteiger partial charge in [0.05, 0.1) is 18.5 Å². The number of nitrogens with zero attached hydrogens (tertiary/aromatic N) is 2. The van der Waals surface area contributed by atoms with E-state index in [9.17, 15) is 27.1 Å². The van der Waals surface area contributed by atoms with Gasteiger partial charge in [-0.15, -0.1) is 0 Å². The van der Waals surface area contributed by atoms with Crippen molar-refractivity contribution in [3.8, 4) is 5.75 Å². The Kier molecular flexibility index (Phi) is 7.91. The molecule has 1 amide bonds. The monoisotopic (exact) mass is 478 g/mol. The molecule has 180 valence electrons. The van der Waals surface area contributed by atoms with Crippen LogP contribution in [0.5, 0.6) is 5.75 Å². The molecule has 2 aliphatic rings. The molecule has 32 heavy (non-hydrogen) atoms. The molecular weight excluding hydrogens is 450 g/mol. The number of aliphatic hydroxyl groups excluding tert-OH is 2. The van der Waals surface area contributed by atoms with Crippen molar-refractivity contribution >= 4 is 16.1 Å². The summed E-state index contributed by atoms with van der Waals surface area (Å²) in [5, 5.41) is 27.3. The standard InChI is InChI=1S/C20H28F2N2O7S/c21-17-9-14(13-1-7-24(8-2-13)32(29,30)12-15(26)11-25)10-18(22)19(17)31-16-3-5-23(6-4-16)20(27)28/h9-10,13,15-16,25-26H,1-8,11-12H2,(H,27,28)/t15-/m1/s1. The average Bonchev–Trinajstić information content (AvgIpc) is 2.76. The lowest BCUT2D eigenvalue weighted by Gasteiger charge is -2.32. The number of carbonyl (C=O) groups is 1. The van der Waals surface area contributed by atoms with E-state index in [-0.39, 0.29) is 32.1 Å². The smallest absolute Gasteiger partial charge is 0.407 e. The molecule has 2 saturated heterocycles. The Balaban J connectivity index is 1.60. The quantitative estimate of drug-likeness (QED) is 0.540. The van der Waals surface area contributed by atoms with Gasteiger partial charge in [0.25, 0.3) is 0 Å². The number of halogens is 2. The summed E-state index contributed by atoms with van der Waals surface area (Å²) in [4.78, 5) is 12.2. The van der Waals surface area contributed by atoms with E-state index in [1.54, 1.807) is 0 Å². The fourth-order valence-corrected chi connectivity index (χ4v) is 5.70. The van der Waals surface area contributed by atoms with Gasteiger partial charge in [0.1, 0.15) is 6.10 Å². The molecule has 0 unspecified atom stereocenters. The second-order valence-corrected chi connectivity index (χ2v) is 10.2. The lowest BCUT2D eigenvalue weighted by atomic mass is 9.90. The molecule has 0 saturated carbocycles. The van der Waals surface area contributed by atoms with Gasteiger partial charge in [-0.05, 0) is 36.5 Å². The number of piperidine rings is 2. The first-order valence-corrected chi connectivity index (χ1v) is 12.1. The lowest BCUT2D eigenvalue weighted by molar-refractivity contribution is 0.0847. The number of hydrogen-bond acceptors (Lipinski definition) is 6. The summed E-state index contributed by atoms with van der Waals surface area (Å²) in [6, 6.07) is 2.41. The van der Waals surface area contributed by atoms with Crippen LogP contribution in [0.3, 0.4) is 0 Å². The maximum Gasteiger partial charge on any atom is 0.407 e. The SMILES string of the molecule is O=C(O)N1CCC(Oc2c(F)cc(C3CCN(S(=O)(=O)C[C@H](O)CO)CC3)cc2F)CC1. The number of hydrogen-bond donors (Lipinski definition) is 3. The Labute approximate surface area is 185 Å². The molecule has 0 spiro atoms. The van der Waals surface area contributed by atoms with Crippen molar-refractivity contribution in [2.24, 2.45) is 0 Å². The van der Waals surface area contributed by atoms with Crippen molar-refractivity contribution in [1.82, 2.24) is 9.21 Å². The van der Waals surface area contributed by atoms with Gasteiger partial charge in [-0.25, -0.2) is 26.3 Å². The van der Waals surface area contributed by atoms with E-state index in [2.05, 4.69) is 0 Å². The lowest BCUT2D eigenvalue weighted by Crippen LogP contribution is -2.42. The molecule has 1 aromatic carbocycles. The van der Waals surface area contributed by atoms with Crippen molar-refractivity contribution in [2.45, 2.75) is 43.8 Å². The molecule has 0 aromatic heterocycles. The van der Waals surface area contributed by atoms with E-state index < -0.39 is 58.1 Å². The van der Waals surface area contributed by atoms with E-state index >= 15 is 0 Å². The van der Waals surface area contributed by atoms with Gasteiger partial charge in [-0.1, -0.05) is 0 Å². The van der Waals surface area contributed by atoms with Crippen LogP contribution in [0.2, 0.25) is 0 Å². The zero-order valence-corrected chi connectivity index (χ0v) is 18.3. The normalized spacial score (nSPS) is 20.3. The summed E-state index contributed by atoms with van der Waals surface area (Å²) < 4.78 is 60.6. The molecule has 1 aromatic rings. The molecule has 0 radical (unpaired) electrons. The minimum absolute atomic E-state index is 0.148. The van der Waals surface area contributed by atoms with Crippen LogP contribution in [0.4, 0.5) is 13.6 Å². The predicted octanol–water partition coefficient (Wildman–Crippen LogP) is 1.35. The second-order valence-electron chi connectivity index (χ2n) is 8.19. The highest BCUT2D eigenvalue weighted by molar-refractivity contribution is 7.89. The van der Waals surface area contributed by atoms with E-state index in [1.807, 2.05) is 0 Å². The number of carboxylic acid groups (broad SMARTS) is 1. The molecule has 0 aliphatic carbocycles. The van der Waals surface area contributed by atoms with E-state index in [0.717, 1.165) is 0 Å². The fourth-order valence-electron chi connectivity index (χ4n) is 4.13. The molecule has 9 nitrogen and oxygen atoms in total. The van der Waals surface area contributed by atoms with Crippen molar-refractivity contribution in [1.29, 1.82) is 0 Å². The molecule has 2 aliphatic heterocycles. The summed E-state index contributed by atoms with van der Waals surface area (Å²) in [6.07, 6.45) is -1.47. The highest BCUT2D eigenvalue weighted by Gasteiger charge is 2.31. The van der Waals surface area contributed by atoms with Gasteiger partial charge in [0.2, 0.25) is 10.0 Å². The zero-order valence-electron chi connectivity index (χ0n) is 17.5. The summed E-state index contributed by atoms with van der Waals surface area (Å²) in [5.41, 5.74) is 0.417. The van der Waals surface area contributed by atoms with Crippen LogP contribution in [-0.4, -0.2) is 89.8 Å². The summed E-state index contributed by atoms with van der Waals surface area (Å²) in [7, 11) is -3.73. The van der Waals surface area contributed by atoms with Gasteiger partial charge in [-0.3, -0.25) is 0 Å². The predicted molar refractivity (Wildman–Crippen MR) is 110 cm³/mol. The van der Waals surface area contributed by atoms with Crippen LogP contribution in [0.1, 0.15) is 37.2 Å². The minimum Gasteiger partial charge on any atom is -0.484 e. The number of rotatable bonds is 7. The highest BCUT2D eigenvalue weighted by Crippen LogP contribution is 2.34. The van der Waals surface area contributed by atoms with Crippen molar-refractivity contribution in [2.75, 3.05) is 38.5 Å². The van der Waals surface area contributed by atoms with Gasteiger partial charge in [-0.2, -0.15) is 0 Å². The van der Waals surface area contributed by atoms with Crippen molar-refractivity contribution in [3.63, 3.8) is 0 Å². The first kappa shape index (κ1) is 24.6. The number of benzene rings is 1. The van der Waals surface area contributed by atoms with Gasteiger partial charge >= 0.3 is 6.09 Å². The van der Waals surface area contributed by atoms with Crippen LogP contribution in [0.25, 0.3) is 0 Å². The Hall–Kier alpha value is -2.02. The molecular formula is C20H28F2N2O7S. The van der Waals surface area contributed by atoms with Crippen molar-refractivity contribution in [3.05, 3.63) is 29.3 Å². The summed E-state index contributed by atoms with van der Waals surface area (Å²) >= 11 is 0. The number of sulfonamides is 1. The number of aliphatic hydroxyl groups is 2. The first-order chi connectivity index (χ1) is 15.1. The summed E-state index contributed by atoms with van der Waals surface area (Å²) in [5.74, 6) is -2.99. The highest BCUT2D eigenvalue weighted by atomic mass is 32.2. The van der Waals surface area contributed by atoms with Gasteiger partial charge < -0.3 is 25.0 Å². The molecule has 2 heterocycles. The first-order valence-electron chi connectivity index (χ1n) is 10.5. The largest absolute Gasteiger partial charge is 0.484 e. The third-order valence-electron chi connectivity index (χ3n) is 5.95. The third kappa shape index (κ3) is 5.85. The molecule has 0 bridgehead atoms. The number of amides is 1. The van der Waals surface area contributed by atoms with E-state index in [4.69, 9.17) is 14.9 Å². The molecule has 2 fully saturated rings. The Morgan fingerprint density at radius 1 is 1.09 bits per heavy atom. The topological polar surface area (TPSA) is 128 Å². The van der Waals surface area contributed by atoms with E-state index in [1.165, 1.54) is 21.3 Å². The van der Waals surface area contributed by atoms with Crippen molar-refractivity contribution < 1.29 is 42.0 Å². The molecule has 12 heteroatoms. The van der Waals surface area contributed by atoms with Gasteiger partial charge in [0, 0.05) is 39.0 Å². The van der Waals surface area contributed by atoms with Crippen LogP contribution in [0, 0.1) is 11.6 Å². The van der Waals surface area contributed by atoms with Crippen LogP contribution >= 0.6 is 0 Å². The second kappa shape index (κ2) is 10.3. The maximum absolute atomic E-state index is 14.6.